The van der Waals surface area contributed by atoms with Gasteiger partial charge in [0, 0.05) is 12.6 Å². The number of rotatable bonds is 5. The van der Waals surface area contributed by atoms with Crippen molar-refractivity contribution in [2.45, 2.75) is 91.0 Å². The fraction of sp³-hybridized carbons (Fsp3) is 0.889. The molecule has 1 aliphatic rings. The number of nitrogens with two attached hydrogens (primary N) is 1. The van der Waals surface area contributed by atoms with Crippen LogP contribution in [0.25, 0.3) is 0 Å². The molecule has 1 saturated carbocycles. The van der Waals surface area contributed by atoms with Gasteiger partial charge in [0.1, 0.15) is 5.60 Å². The Hall–Kier alpha value is -1.30. The van der Waals surface area contributed by atoms with Crippen molar-refractivity contribution in [1.82, 2.24) is 10.2 Å². The maximum atomic E-state index is 12.5. The minimum absolute atomic E-state index is 0.0399. The number of ether oxygens (including phenoxy) is 1. The molecule has 0 spiro atoms. The Morgan fingerprint density at radius 2 is 1.83 bits per heavy atom. The van der Waals surface area contributed by atoms with E-state index in [-0.39, 0.29) is 30.0 Å². The van der Waals surface area contributed by atoms with E-state index in [1.165, 1.54) is 0 Å². The Balaban J connectivity index is 2.83. The van der Waals surface area contributed by atoms with Crippen LogP contribution in [0.2, 0.25) is 0 Å². The lowest BCUT2D eigenvalue weighted by molar-refractivity contribution is -0.124. The average Bonchev–Trinajstić information content (AvgIpc) is 2.46. The lowest BCUT2D eigenvalue weighted by atomic mass is 9.88. The van der Waals surface area contributed by atoms with Crippen molar-refractivity contribution in [3.63, 3.8) is 0 Å². The molecule has 6 heteroatoms. The van der Waals surface area contributed by atoms with Crippen molar-refractivity contribution in [3.05, 3.63) is 0 Å². The molecule has 0 unspecified atom stereocenters. The van der Waals surface area contributed by atoms with Crippen LogP contribution in [-0.4, -0.2) is 47.2 Å². The van der Waals surface area contributed by atoms with E-state index in [1.807, 2.05) is 41.5 Å². The summed E-state index contributed by atoms with van der Waals surface area (Å²) in [7, 11) is 0. The molecule has 0 heterocycles. The number of carbonyl (C=O) groups is 2. The molecule has 1 fully saturated rings. The fourth-order valence-corrected chi connectivity index (χ4v) is 3.05. The van der Waals surface area contributed by atoms with Crippen LogP contribution in [0.5, 0.6) is 0 Å². The largest absolute Gasteiger partial charge is 0.444 e. The van der Waals surface area contributed by atoms with E-state index in [2.05, 4.69) is 5.32 Å². The van der Waals surface area contributed by atoms with E-state index in [4.69, 9.17) is 10.5 Å². The minimum atomic E-state index is -0.530. The monoisotopic (exact) mass is 341 g/mol. The normalized spacial score (nSPS) is 22.8. The van der Waals surface area contributed by atoms with Crippen molar-refractivity contribution in [1.29, 1.82) is 0 Å². The Bertz CT molecular complexity index is 432. The first-order valence-electron chi connectivity index (χ1n) is 9.12. The van der Waals surface area contributed by atoms with Gasteiger partial charge >= 0.3 is 6.09 Å². The highest BCUT2D eigenvalue weighted by Gasteiger charge is 2.36. The van der Waals surface area contributed by atoms with E-state index in [0.29, 0.717) is 6.54 Å². The molecule has 0 aliphatic heterocycles. The van der Waals surface area contributed by atoms with Crippen molar-refractivity contribution >= 4 is 12.0 Å². The van der Waals surface area contributed by atoms with Crippen LogP contribution in [0.1, 0.15) is 67.2 Å². The average molecular weight is 341 g/mol. The van der Waals surface area contributed by atoms with Gasteiger partial charge in [0.2, 0.25) is 5.91 Å². The summed E-state index contributed by atoms with van der Waals surface area (Å²) in [5, 5.41) is 3.07. The van der Waals surface area contributed by atoms with E-state index in [9.17, 15) is 9.59 Å². The lowest BCUT2D eigenvalue weighted by Crippen LogP contribution is -2.58. The third-order valence-corrected chi connectivity index (χ3v) is 4.45. The molecule has 0 saturated heterocycles. The molecule has 3 atom stereocenters. The standard InChI is InChI=1S/C18H35N3O3/c1-7-21(17(23)24-18(4,5)6)14-11-9-8-10-13(14)20-16(22)15(19)12(2)3/h12-15H,7-11,19H2,1-6H3,(H,20,22)/t13-,14-,15-/m0/s1. The molecular weight excluding hydrogens is 306 g/mol. The number of nitrogens with one attached hydrogen (secondary N) is 1. The predicted molar refractivity (Wildman–Crippen MR) is 95.6 cm³/mol. The molecular formula is C18H35N3O3. The molecule has 0 bridgehead atoms. The van der Waals surface area contributed by atoms with Crippen LogP contribution in [-0.2, 0) is 9.53 Å². The highest BCUT2D eigenvalue weighted by Crippen LogP contribution is 2.25. The molecule has 3 N–H and O–H groups in total. The molecule has 6 nitrogen and oxygen atoms in total. The molecule has 1 rings (SSSR count). The van der Waals surface area contributed by atoms with Gasteiger partial charge in [-0.05, 0) is 46.5 Å². The second kappa shape index (κ2) is 8.70. The zero-order chi connectivity index (χ0) is 18.5. The summed E-state index contributed by atoms with van der Waals surface area (Å²) in [5.74, 6) is -0.0534. The number of nitrogens with zero attached hydrogens (tertiary/aromatic N) is 1. The van der Waals surface area contributed by atoms with E-state index >= 15 is 0 Å². The summed E-state index contributed by atoms with van der Waals surface area (Å²) in [6, 6.07) is -0.630. The van der Waals surface area contributed by atoms with Crippen LogP contribution < -0.4 is 11.1 Å². The first-order chi connectivity index (χ1) is 11.1. The van der Waals surface area contributed by atoms with Crippen LogP contribution in [0.4, 0.5) is 4.79 Å². The van der Waals surface area contributed by atoms with Crippen molar-refractivity contribution in [2.24, 2.45) is 11.7 Å². The topological polar surface area (TPSA) is 84.7 Å². The highest BCUT2D eigenvalue weighted by atomic mass is 16.6. The van der Waals surface area contributed by atoms with Gasteiger partial charge in [0.05, 0.1) is 12.1 Å². The van der Waals surface area contributed by atoms with Gasteiger partial charge in [0.25, 0.3) is 0 Å². The quantitative estimate of drug-likeness (QED) is 0.805. The Labute approximate surface area is 146 Å². The number of carbonyl (C=O) groups excluding carboxylic acids is 2. The van der Waals surface area contributed by atoms with Crippen molar-refractivity contribution in [2.75, 3.05) is 6.54 Å². The molecule has 0 radical (unpaired) electrons. The molecule has 2 amide bonds. The Morgan fingerprint density at radius 1 is 1.25 bits per heavy atom. The van der Waals surface area contributed by atoms with Gasteiger partial charge in [-0.15, -0.1) is 0 Å². The van der Waals surface area contributed by atoms with Crippen LogP contribution in [0.3, 0.4) is 0 Å². The summed E-state index contributed by atoms with van der Waals surface area (Å²) in [6.07, 6.45) is 3.51. The van der Waals surface area contributed by atoms with Gasteiger partial charge in [0.15, 0.2) is 0 Å². The Morgan fingerprint density at radius 3 is 2.33 bits per heavy atom. The van der Waals surface area contributed by atoms with Crippen LogP contribution in [0, 0.1) is 5.92 Å². The second-order valence-electron chi connectivity index (χ2n) is 8.00. The molecule has 24 heavy (non-hydrogen) atoms. The van der Waals surface area contributed by atoms with E-state index in [1.54, 1.807) is 4.90 Å². The van der Waals surface area contributed by atoms with Crippen LogP contribution >= 0.6 is 0 Å². The summed E-state index contributed by atoms with van der Waals surface area (Å²) in [5.41, 5.74) is 5.43. The van der Waals surface area contributed by atoms with E-state index in [0.717, 1.165) is 25.7 Å². The molecule has 1 aliphatic carbocycles. The smallest absolute Gasteiger partial charge is 0.410 e. The zero-order valence-corrected chi connectivity index (χ0v) is 16.1. The van der Waals surface area contributed by atoms with Gasteiger partial charge in [-0.1, -0.05) is 26.7 Å². The lowest BCUT2D eigenvalue weighted by Gasteiger charge is -2.40. The van der Waals surface area contributed by atoms with Crippen LogP contribution in [0.15, 0.2) is 0 Å². The SMILES string of the molecule is CCN(C(=O)OC(C)(C)C)[C@H]1CCCC[C@@H]1NC(=O)[C@@H](N)C(C)C. The third kappa shape index (κ3) is 5.96. The first-order valence-corrected chi connectivity index (χ1v) is 9.12. The van der Waals surface area contributed by atoms with Gasteiger partial charge < -0.3 is 20.7 Å². The fourth-order valence-electron chi connectivity index (χ4n) is 3.05. The summed E-state index contributed by atoms with van der Waals surface area (Å²) in [4.78, 5) is 26.6. The first kappa shape index (κ1) is 20.7. The maximum absolute atomic E-state index is 12.5. The number of hydrogen-bond donors (Lipinski definition) is 2. The molecule has 0 aromatic carbocycles. The highest BCUT2D eigenvalue weighted by molar-refractivity contribution is 5.82. The summed E-state index contributed by atoms with van der Waals surface area (Å²) >= 11 is 0. The molecule has 0 aromatic heterocycles. The van der Waals surface area contributed by atoms with E-state index < -0.39 is 11.6 Å². The molecule has 140 valence electrons. The maximum Gasteiger partial charge on any atom is 0.410 e. The minimum Gasteiger partial charge on any atom is -0.444 e. The number of hydrogen-bond acceptors (Lipinski definition) is 4. The van der Waals surface area contributed by atoms with Gasteiger partial charge in [-0.25, -0.2) is 4.79 Å². The van der Waals surface area contributed by atoms with Crippen molar-refractivity contribution < 1.29 is 14.3 Å². The Kier molecular flexibility index (Phi) is 7.52. The van der Waals surface area contributed by atoms with Gasteiger partial charge in [-0.2, -0.15) is 0 Å². The zero-order valence-electron chi connectivity index (χ0n) is 16.1. The van der Waals surface area contributed by atoms with Crippen molar-refractivity contribution in [3.8, 4) is 0 Å². The summed E-state index contributed by atoms with van der Waals surface area (Å²) in [6.45, 7) is 11.9. The van der Waals surface area contributed by atoms with Gasteiger partial charge in [-0.3, -0.25) is 4.79 Å². The predicted octanol–water partition coefficient (Wildman–Crippen LogP) is 2.65. The summed E-state index contributed by atoms with van der Waals surface area (Å²) < 4.78 is 5.53. The molecule has 0 aromatic rings. The third-order valence-electron chi connectivity index (χ3n) is 4.45. The number of likely N-dealkylation sites (N-methyl/N-ethyl adjacent to an activating group) is 1. The second-order valence-corrected chi connectivity index (χ2v) is 8.00. The number of amides is 2.